The highest BCUT2D eigenvalue weighted by Crippen LogP contribution is 2.29. The Kier molecular flexibility index (Phi) is 7.85. The third-order valence-electron chi connectivity index (χ3n) is 3.52. The lowest BCUT2D eigenvalue weighted by molar-refractivity contribution is -0.137. The van der Waals surface area contributed by atoms with Gasteiger partial charge in [-0.1, -0.05) is 0 Å². The van der Waals surface area contributed by atoms with Crippen molar-refractivity contribution >= 4 is 12.4 Å². The Labute approximate surface area is 143 Å². The zero-order valence-electron chi connectivity index (χ0n) is 14.0. The molecule has 9 heteroatoms. The maximum atomic E-state index is 12.6. The van der Waals surface area contributed by atoms with Crippen LogP contribution in [0.25, 0.3) is 0 Å². The summed E-state index contributed by atoms with van der Waals surface area (Å²) in [4.78, 5) is 24.5. The van der Waals surface area contributed by atoms with Crippen LogP contribution in [0.1, 0.15) is 15.9 Å². The number of hydrogen-bond donors (Lipinski definition) is 1. The average Bonchev–Trinajstić information content (AvgIpc) is 2.54. The van der Waals surface area contributed by atoms with Crippen LogP contribution in [-0.2, 0) is 15.7 Å². The number of likely N-dealkylation sites (N-methyl/N-ethyl adjacent to an activating group) is 1. The quantitative estimate of drug-likeness (QED) is 0.831. The average molecular weight is 362 g/mol. The third-order valence-corrected chi connectivity index (χ3v) is 3.52. The number of ether oxygens (including phenoxy) is 1. The number of carbonyl (C=O) groups excluding carboxylic acids is 1. The number of carbonyl (C=O) groups is 2. The van der Waals surface area contributed by atoms with Gasteiger partial charge in [-0.2, -0.15) is 13.2 Å². The molecule has 0 saturated carbocycles. The number of rotatable bonds is 3. The highest BCUT2D eigenvalue weighted by atomic mass is 19.4. The van der Waals surface area contributed by atoms with Gasteiger partial charge in [0.05, 0.1) is 24.8 Å². The van der Waals surface area contributed by atoms with Crippen LogP contribution in [0.4, 0.5) is 13.2 Å². The molecule has 1 amide bonds. The molecule has 1 aliphatic rings. The van der Waals surface area contributed by atoms with Gasteiger partial charge in [0.25, 0.3) is 12.4 Å². The van der Waals surface area contributed by atoms with Crippen LogP contribution in [0, 0.1) is 0 Å². The molecule has 25 heavy (non-hydrogen) atoms. The smallest absolute Gasteiger partial charge is 0.416 e. The molecule has 1 aromatic rings. The van der Waals surface area contributed by atoms with Gasteiger partial charge in [0.2, 0.25) is 0 Å². The summed E-state index contributed by atoms with van der Waals surface area (Å²) in [5.74, 6) is -0.260. The summed E-state index contributed by atoms with van der Waals surface area (Å²) in [7, 11) is 3.80. The standard InChI is InChI=1S/C15H19F3N2O2.CH2O2/c1-19(2)9-13-10-22-8-7-20(13)14(21)11-3-5-12(6-4-11)15(16,17)18;2-1-3/h3-6,13H,7-10H2,1-2H3;1H,(H,2,3). The molecule has 6 nitrogen and oxygen atoms in total. The van der Waals surface area contributed by atoms with Gasteiger partial charge in [-0.05, 0) is 38.4 Å². The van der Waals surface area contributed by atoms with E-state index in [-0.39, 0.29) is 24.0 Å². The predicted octanol–water partition coefficient (Wildman–Crippen LogP) is 1.81. The Morgan fingerprint density at radius 2 is 1.92 bits per heavy atom. The summed E-state index contributed by atoms with van der Waals surface area (Å²) in [6.45, 7) is 1.71. The molecule has 0 bridgehead atoms. The molecule has 0 radical (unpaired) electrons. The molecule has 1 fully saturated rings. The third kappa shape index (κ3) is 6.35. The van der Waals surface area contributed by atoms with Crippen molar-refractivity contribution in [3.63, 3.8) is 0 Å². The first-order valence-electron chi connectivity index (χ1n) is 7.49. The number of halogens is 3. The molecule has 2 rings (SSSR count). The van der Waals surface area contributed by atoms with Crippen molar-refractivity contribution in [3.05, 3.63) is 35.4 Å². The van der Waals surface area contributed by atoms with Crippen LogP contribution < -0.4 is 0 Å². The maximum absolute atomic E-state index is 12.6. The molecule has 0 aromatic heterocycles. The Balaban J connectivity index is 0.000000970. The SMILES string of the molecule is CN(C)CC1COCCN1C(=O)c1ccc(C(F)(F)F)cc1.O=CO. The lowest BCUT2D eigenvalue weighted by Crippen LogP contribution is -2.52. The van der Waals surface area contributed by atoms with Crippen molar-refractivity contribution in [2.45, 2.75) is 12.2 Å². The van der Waals surface area contributed by atoms with Gasteiger partial charge in [0.15, 0.2) is 0 Å². The van der Waals surface area contributed by atoms with Gasteiger partial charge in [-0.3, -0.25) is 9.59 Å². The Bertz CT molecular complexity index is 561. The summed E-state index contributed by atoms with van der Waals surface area (Å²) in [6, 6.07) is 4.24. The lowest BCUT2D eigenvalue weighted by atomic mass is 10.1. The number of benzene rings is 1. The molecular formula is C16H21F3N2O4. The molecule has 1 atom stereocenters. The Morgan fingerprint density at radius 3 is 2.40 bits per heavy atom. The molecule has 1 unspecified atom stereocenters. The summed E-state index contributed by atoms with van der Waals surface area (Å²) in [5.41, 5.74) is -0.491. The maximum Gasteiger partial charge on any atom is 0.416 e. The molecule has 140 valence electrons. The molecule has 0 aliphatic carbocycles. The van der Waals surface area contributed by atoms with Crippen LogP contribution in [0.2, 0.25) is 0 Å². The number of carboxylic acid groups (broad SMARTS) is 1. The largest absolute Gasteiger partial charge is 0.483 e. The summed E-state index contributed by atoms with van der Waals surface area (Å²) in [5, 5.41) is 6.89. The van der Waals surface area contributed by atoms with E-state index in [0.717, 1.165) is 12.1 Å². The molecule has 1 N–H and O–H groups in total. The monoisotopic (exact) mass is 362 g/mol. The van der Waals surface area contributed by atoms with Gasteiger partial charge in [-0.15, -0.1) is 0 Å². The first kappa shape index (κ1) is 20.9. The normalized spacial score (nSPS) is 17.7. The van der Waals surface area contributed by atoms with Crippen molar-refractivity contribution in [1.29, 1.82) is 0 Å². The molecule has 1 aromatic carbocycles. The summed E-state index contributed by atoms with van der Waals surface area (Å²) in [6.07, 6.45) is -4.39. The minimum absolute atomic E-state index is 0.0986. The van der Waals surface area contributed by atoms with E-state index in [1.807, 2.05) is 19.0 Å². The molecular weight excluding hydrogens is 341 g/mol. The number of amides is 1. The van der Waals surface area contributed by atoms with Crippen molar-refractivity contribution in [2.24, 2.45) is 0 Å². The fourth-order valence-electron chi connectivity index (χ4n) is 2.46. The van der Waals surface area contributed by atoms with Crippen LogP contribution in [0.5, 0.6) is 0 Å². The minimum atomic E-state index is -4.39. The fourth-order valence-corrected chi connectivity index (χ4v) is 2.46. The second kappa shape index (κ2) is 9.38. The van der Waals surface area contributed by atoms with Crippen molar-refractivity contribution < 1.29 is 32.6 Å². The minimum Gasteiger partial charge on any atom is -0.483 e. The van der Waals surface area contributed by atoms with Crippen molar-refractivity contribution in [3.8, 4) is 0 Å². The van der Waals surface area contributed by atoms with Gasteiger partial charge in [-0.25, -0.2) is 0 Å². The van der Waals surface area contributed by atoms with Crippen LogP contribution >= 0.6 is 0 Å². The number of alkyl halides is 3. The van der Waals surface area contributed by atoms with E-state index in [1.165, 1.54) is 12.1 Å². The van der Waals surface area contributed by atoms with E-state index in [0.29, 0.717) is 26.3 Å². The number of morpholine rings is 1. The number of hydrogen-bond acceptors (Lipinski definition) is 4. The summed E-state index contributed by atoms with van der Waals surface area (Å²) >= 11 is 0. The second-order valence-electron chi connectivity index (χ2n) is 5.67. The Morgan fingerprint density at radius 1 is 1.36 bits per heavy atom. The first-order chi connectivity index (χ1) is 11.7. The van der Waals surface area contributed by atoms with E-state index in [1.54, 1.807) is 4.90 Å². The van der Waals surface area contributed by atoms with E-state index < -0.39 is 11.7 Å². The molecule has 0 spiro atoms. The Hall–Kier alpha value is -2.13. The van der Waals surface area contributed by atoms with Gasteiger partial charge < -0.3 is 19.6 Å². The van der Waals surface area contributed by atoms with Crippen LogP contribution in [0.3, 0.4) is 0 Å². The molecule has 1 heterocycles. The zero-order valence-corrected chi connectivity index (χ0v) is 14.0. The van der Waals surface area contributed by atoms with Crippen LogP contribution in [0.15, 0.2) is 24.3 Å². The van der Waals surface area contributed by atoms with Gasteiger partial charge >= 0.3 is 6.18 Å². The second-order valence-corrected chi connectivity index (χ2v) is 5.67. The fraction of sp³-hybridized carbons (Fsp3) is 0.500. The van der Waals surface area contributed by atoms with Gasteiger partial charge in [0, 0.05) is 18.7 Å². The predicted molar refractivity (Wildman–Crippen MR) is 84.3 cm³/mol. The number of nitrogens with zero attached hydrogens (tertiary/aromatic N) is 2. The zero-order chi connectivity index (χ0) is 19.0. The van der Waals surface area contributed by atoms with E-state index in [2.05, 4.69) is 0 Å². The van der Waals surface area contributed by atoms with Crippen molar-refractivity contribution in [2.75, 3.05) is 40.4 Å². The highest BCUT2D eigenvalue weighted by Gasteiger charge is 2.32. The van der Waals surface area contributed by atoms with Crippen molar-refractivity contribution in [1.82, 2.24) is 9.80 Å². The highest BCUT2D eigenvalue weighted by molar-refractivity contribution is 5.94. The lowest BCUT2D eigenvalue weighted by Gasteiger charge is -2.37. The summed E-state index contributed by atoms with van der Waals surface area (Å²) < 4.78 is 43.1. The van der Waals surface area contributed by atoms with E-state index in [9.17, 15) is 18.0 Å². The first-order valence-corrected chi connectivity index (χ1v) is 7.49. The van der Waals surface area contributed by atoms with Crippen LogP contribution in [-0.4, -0.2) is 73.7 Å². The van der Waals surface area contributed by atoms with E-state index in [4.69, 9.17) is 14.6 Å². The molecule has 1 saturated heterocycles. The molecule has 1 aliphatic heterocycles. The van der Waals surface area contributed by atoms with E-state index >= 15 is 0 Å². The topological polar surface area (TPSA) is 70.1 Å². The van der Waals surface area contributed by atoms with Gasteiger partial charge in [0.1, 0.15) is 0 Å².